The third-order valence-electron chi connectivity index (χ3n) is 6.80. The quantitative estimate of drug-likeness (QED) is 0.628. The van der Waals surface area contributed by atoms with Crippen molar-refractivity contribution in [1.82, 2.24) is 4.90 Å². The van der Waals surface area contributed by atoms with E-state index in [0.29, 0.717) is 5.56 Å². The number of ether oxygens (including phenoxy) is 4. The Kier molecular flexibility index (Phi) is 5.57. The van der Waals surface area contributed by atoms with Gasteiger partial charge < -0.3 is 23.4 Å². The number of hydrogen-bond donors (Lipinski definition) is 0. The topological polar surface area (TPSA) is 83.5 Å². The minimum atomic E-state index is -2.34. The summed E-state index contributed by atoms with van der Waals surface area (Å²) in [5.74, 6) is -2.71. The predicted octanol–water partition coefficient (Wildman–Crippen LogP) is 3.92. The van der Waals surface area contributed by atoms with Crippen molar-refractivity contribution >= 4 is 20.3 Å². The van der Waals surface area contributed by atoms with E-state index >= 15 is 0 Å². The Morgan fingerprint density at radius 1 is 1.16 bits per heavy atom. The normalized spacial score (nSPS) is 32.2. The van der Waals surface area contributed by atoms with Crippen molar-refractivity contribution in [3.63, 3.8) is 0 Å². The Labute approximate surface area is 190 Å². The molecule has 3 aliphatic rings. The van der Waals surface area contributed by atoms with Crippen LogP contribution in [0.3, 0.4) is 0 Å². The van der Waals surface area contributed by atoms with Gasteiger partial charge in [-0.1, -0.05) is 39.0 Å². The molecule has 3 saturated heterocycles. The molecule has 9 heteroatoms. The van der Waals surface area contributed by atoms with Crippen LogP contribution >= 0.6 is 0 Å². The molecule has 32 heavy (non-hydrogen) atoms. The molecule has 8 nitrogen and oxygen atoms in total. The van der Waals surface area contributed by atoms with Crippen molar-refractivity contribution in [1.29, 1.82) is 0 Å². The van der Waals surface area contributed by atoms with Crippen LogP contribution in [0.15, 0.2) is 30.3 Å². The number of amides is 2. The molecular formula is C23H33NO7Si. The zero-order valence-electron chi connectivity index (χ0n) is 19.8. The van der Waals surface area contributed by atoms with Gasteiger partial charge in [0, 0.05) is 5.56 Å². The minimum absolute atomic E-state index is 0.0775. The summed E-state index contributed by atoms with van der Waals surface area (Å²) in [6.45, 7) is 14.4. The van der Waals surface area contributed by atoms with E-state index in [4.69, 9.17) is 23.4 Å². The van der Waals surface area contributed by atoms with Gasteiger partial charge in [0.2, 0.25) is 0 Å². The van der Waals surface area contributed by atoms with Crippen LogP contribution in [0.1, 0.15) is 45.0 Å². The molecule has 0 N–H and O–H groups in total. The summed E-state index contributed by atoms with van der Waals surface area (Å²) in [6, 6.07) is 8.65. The first-order chi connectivity index (χ1) is 14.7. The molecule has 3 heterocycles. The van der Waals surface area contributed by atoms with E-state index in [2.05, 4.69) is 33.9 Å². The second-order valence-electron chi connectivity index (χ2n) is 10.7. The van der Waals surface area contributed by atoms with E-state index in [9.17, 15) is 9.59 Å². The van der Waals surface area contributed by atoms with Crippen LogP contribution in [0.25, 0.3) is 0 Å². The Morgan fingerprint density at radius 3 is 2.44 bits per heavy atom. The van der Waals surface area contributed by atoms with E-state index in [1.165, 1.54) is 0 Å². The highest BCUT2D eigenvalue weighted by atomic mass is 28.4. The van der Waals surface area contributed by atoms with E-state index < -0.39 is 44.1 Å². The lowest BCUT2D eigenvalue weighted by atomic mass is 9.96. The van der Waals surface area contributed by atoms with Crippen LogP contribution in [0.5, 0.6) is 0 Å². The number of rotatable bonds is 3. The maximum Gasteiger partial charge on any atom is 0.419 e. The van der Waals surface area contributed by atoms with E-state index in [-0.39, 0.29) is 24.3 Å². The van der Waals surface area contributed by atoms with Gasteiger partial charge in [-0.15, -0.1) is 0 Å². The van der Waals surface area contributed by atoms with Crippen LogP contribution in [0.4, 0.5) is 4.79 Å². The van der Waals surface area contributed by atoms with E-state index in [1.54, 1.807) is 24.3 Å². The zero-order valence-corrected chi connectivity index (χ0v) is 20.8. The van der Waals surface area contributed by atoms with Crippen LogP contribution in [-0.4, -0.2) is 68.3 Å². The minimum Gasteiger partial charge on any atom is -0.411 e. The summed E-state index contributed by atoms with van der Waals surface area (Å²) >= 11 is 0. The highest BCUT2D eigenvalue weighted by Crippen LogP contribution is 2.47. The lowest BCUT2D eigenvalue weighted by molar-refractivity contribution is -0.282. The van der Waals surface area contributed by atoms with Gasteiger partial charge >= 0.3 is 6.09 Å². The highest BCUT2D eigenvalue weighted by Gasteiger charge is 2.65. The Hall–Kier alpha value is -1.78. The zero-order chi connectivity index (χ0) is 23.5. The van der Waals surface area contributed by atoms with Gasteiger partial charge in [0.05, 0.1) is 6.61 Å². The monoisotopic (exact) mass is 463 g/mol. The Morgan fingerprint density at radius 2 is 1.81 bits per heavy atom. The number of fused-ring (bicyclic) bond motifs is 1. The summed E-state index contributed by atoms with van der Waals surface area (Å²) in [5, 5.41) is -0.0989. The average Bonchev–Trinajstić information content (AvgIpc) is 3.20. The van der Waals surface area contributed by atoms with Gasteiger partial charge in [-0.25, -0.2) is 9.69 Å². The number of carbonyl (C=O) groups is 2. The number of hydrogen-bond acceptors (Lipinski definition) is 7. The van der Waals surface area contributed by atoms with Gasteiger partial charge in [-0.3, -0.25) is 4.79 Å². The van der Waals surface area contributed by atoms with Crippen molar-refractivity contribution in [3.05, 3.63) is 35.9 Å². The summed E-state index contributed by atoms with van der Waals surface area (Å²) in [6.07, 6.45) is -2.34. The first-order valence-electron chi connectivity index (χ1n) is 11.0. The average molecular weight is 464 g/mol. The van der Waals surface area contributed by atoms with Crippen LogP contribution < -0.4 is 0 Å². The summed E-state index contributed by atoms with van der Waals surface area (Å²) in [7, 11) is -2.34. The first kappa shape index (κ1) is 23.4. The third kappa shape index (κ3) is 4.01. The highest BCUT2D eigenvalue weighted by molar-refractivity contribution is 6.74. The Balaban J connectivity index is 1.68. The molecule has 2 amide bonds. The van der Waals surface area contributed by atoms with Crippen molar-refractivity contribution < 1.29 is 33.0 Å². The van der Waals surface area contributed by atoms with Gasteiger partial charge in [0.1, 0.15) is 24.9 Å². The standard InChI is InChI=1S/C23H33NO7Si/c1-21(2,3)32(6,7)31-18-17-16(28-22(4,5)29-17)13-27-23(18)14-24(20(26)30-23)19(25)15-11-9-8-10-12-15/h8-12,16-18H,13-14H2,1-7H3/t16-,17-,18+,23+/m1/s1. The summed E-state index contributed by atoms with van der Waals surface area (Å²) in [5.41, 5.74) is 0.402. The molecule has 1 spiro atoms. The van der Waals surface area contributed by atoms with Gasteiger partial charge in [0.25, 0.3) is 11.7 Å². The van der Waals surface area contributed by atoms with Crippen LogP contribution in [0, 0.1) is 0 Å². The lowest BCUT2D eigenvalue weighted by Gasteiger charge is -2.48. The fourth-order valence-electron chi connectivity index (χ4n) is 4.09. The number of nitrogens with zero attached hydrogens (tertiary/aromatic N) is 1. The largest absolute Gasteiger partial charge is 0.419 e. The van der Waals surface area contributed by atoms with Gasteiger partial charge in [-0.05, 0) is 44.1 Å². The molecule has 4 rings (SSSR count). The van der Waals surface area contributed by atoms with E-state index in [1.807, 2.05) is 19.9 Å². The predicted molar refractivity (Wildman–Crippen MR) is 119 cm³/mol. The summed E-state index contributed by atoms with van der Waals surface area (Å²) in [4.78, 5) is 27.0. The van der Waals surface area contributed by atoms with Crippen molar-refractivity contribution in [3.8, 4) is 0 Å². The summed E-state index contributed by atoms with van der Waals surface area (Å²) < 4.78 is 31.0. The Bertz CT molecular complexity index is 897. The molecule has 0 saturated carbocycles. The van der Waals surface area contributed by atoms with Crippen molar-refractivity contribution in [2.24, 2.45) is 0 Å². The molecule has 3 aliphatic heterocycles. The second kappa shape index (κ2) is 7.63. The first-order valence-corrected chi connectivity index (χ1v) is 13.9. The maximum absolute atomic E-state index is 13.0. The fraction of sp³-hybridized carbons (Fsp3) is 0.652. The number of carbonyl (C=O) groups excluding carboxylic acids is 2. The molecule has 0 unspecified atom stereocenters. The molecule has 4 atom stereocenters. The lowest BCUT2D eigenvalue weighted by Crippen LogP contribution is -2.66. The van der Waals surface area contributed by atoms with Gasteiger partial charge in [-0.2, -0.15) is 0 Å². The van der Waals surface area contributed by atoms with Crippen molar-refractivity contribution in [2.45, 2.75) is 82.6 Å². The molecule has 1 aromatic rings. The molecule has 0 radical (unpaired) electrons. The molecular weight excluding hydrogens is 430 g/mol. The fourth-order valence-corrected chi connectivity index (χ4v) is 5.39. The maximum atomic E-state index is 13.0. The number of benzene rings is 1. The second-order valence-corrected chi connectivity index (χ2v) is 15.4. The smallest absolute Gasteiger partial charge is 0.411 e. The molecule has 0 aromatic heterocycles. The molecule has 3 fully saturated rings. The third-order valence-corrected chi connectivity index (χ3v) is 11.3. The van der Waals surface area contributed by atoms with Gasteiger partial charge in [0.15, 0.2) is 14.1 Å². The SMILES string of the molecule is CC1(C)O[C@@H]2[C@@H](CO[C@]3(CN(C(=O)c4ccccc4)C(=O)O3)[C@H]2O[Si](C)(C)C(C)(C)C)O1. The molecule has 0 aliphatic carbocycles. The molecule has 176 valence electrons. The number of imide groups is 1. The van der Waals surface area contributed by atoms with Crippen LogP contribution in [-0.2, 0) is 23.4 Å². The van der Waals surface area contributed by atoms with E-state index in [0.717, 1.165) is 4.90 Å². The molecule has 1 aromatic carbocycles. The molecule has 0 bridgehead atoms. The van der Waals surface area contributed by atoms with Crippen molar-refractivity contribution in [2.75, 3.05) is 13.2 Å². The van der Waals surface area contributed by atoms with Crippen LogP contribution in [0.2, 0.25) is 18.1 Å².